The van der Waals surface area contributed by atoms with Crippen LogP contribution in [0, 0.1) is 23.7 Å². The topological polar surface area (TPSA) is 147 Å². The summed E-state index contributed by atoms with van der Waals surface area (Å²) in [6.07, 6.45) is 0.180. The number of benzene rings is 2. The van der Waals surface area contributed by atoms with Gasteiger partial charge in [0.15, 0.2) is 0 Å². The van der Waals surface area contributed by atoms with Crippen LogP contribution in [-0.4, -0.2) is 23.9 Å². The molecule has 0 saturated heterocycles. The molecule has 224 valence electrons. The zero-order valence-corrected chi connectivity index (χ0v) is 27.3. The summed E-state index contributed by atoms with van der Waals surface area (Å²) in [6.45, 7) is 2.65. The van der Waals surface area contributed by atoms with Crippen LogP contribution >= 0.6 is 0 Å². The number of hydrogen-bond acceptors (Lipinski definition) is 8. The van der Waals surface area contributed by atoms with Gasteiger partial charge in [0.2, 0.25) is 0 Å². The molecule has 11 heteroatoms. The minimum Gasteiger partial charge on any atom is -0.550 e. The van der Waals surface area contributed by atoms with Gasteiger partial charge in [-0.25, -0.2) is 0 Å². The Balaban J connectivity index is -0.000000214. The summed E-state index contributed by atoms with van der Waals surface area (Å²) in [5.41, 5.74) is 1.14. The number of carboxylic acid groups (broad SMARTS) is 3. The SMILES string of the molecule is C.C.C.C.C.C.CCC(c1ccccc1)C(C(=O)[O-])C(C(=O)[O-])C(C(=O)[O-])C(C)C(=O)OCc1ccccc1.[Na+].[Na+].[Na+]. The second-order valence-electron chi connectivity index (χ2n) is 7.84. The molecular weight excluding hydrogens is 569 g/mol. The Labute approximate surface area is 321 Å². The number of carbonyl (C=O) groups excluding carboxylic acids is 4. The molecule has 0 bridgehead atoms. The third kappa shape index (κ3) is 17.0. The Morgan fingerprint density at radius 1 is 0.643 bits per heavy atom. The quantitative estimate of drug-likeness (QED) is 0.169. The van der Waals surface area contributed by atoms with E-state index in [4.69, 9.17) is 4.74 Å². The number of carbonyl (C=O) groups is 4. The molecule has 0 aliphatic carbocycles. The molecule has 0 fully saturated rings. The van der Waals surface area contributed by atoms with Gasteiger partial charge in [0.05, 0.1) is 5.92 Å². The summed E-state index contributed by atoms with van der Waals surface area (Å²) in [6, 6.07) is 16.8. The molecule has 0 aromatic heterocycles. The van der Waals surface area contributed by atoms with Crippen LogP contribution in [0.25, 0.3) is 0 Å². The van der Waals surface area contributed by atoms with Gasteiger partial charge in [-0.1, -0.05) is 119 Å². The first-order valence-corrected chi connectivity index (χ1v) is 10.6. The predicted octanol–water partition coefficient (Wildman–Crippen LogP) is -5.51. The Bertz CT molecular complexity index is 975. The normalized spacial score (nSPS) is 12.1. The molecule has 0 spiro atoms. The van der Waals surface area contributed by atoms with Crippen LogP contribution in [-0.2, 0) is 30.5 Å². The van der Waals surface area contributed by atoms with Crippen molar-refractivity contribution in [2.24, 2.45) is 23.7 Å². The molecule has 0 aliphatic heterocycles. The van der Waals surface area contributed by atoms with Crippen LogP contribution in [0.5, 0.6) is 0 Å². The predicted molar refractivity (Wildman–Crippen MR) is 151 cm³/mol. The van der Waals surface area contributed by atoms with Crippen LogP contribution in [0.15, 0.2) is 60.7 Å². The fourth-order valence-corrected chi connectivity index (χ4v) is 4.14. The maximum atomic E-state index is 12.6. The van der Waals surface area contributed by atoms with Crippen molar-refractivity contribution < 1.29 is 128 Å². The zero-order valence-electron chi connectivity index (χ0n) is 21.3. The van der Waals surface area contributed by atoms with Crippen molar-refractivity contribution in [3.8, 4) is 0 Å². The van der Waals surface area contributed by atoms with E-state index in [1.165, 1.54) is 6.92 Å². The van der Waals surface area contributed by atoms with E-state index in [0.29, 0.717) is 11.1 Å². The molecule has 0 saturated carbocycles. The second kappa shape index (κ2) is 30.4. The molecule has 0 aliphatic rings. The summed E-state index contributed by atoms with van der Waals surface area (Å²) in [7, 11) is 0. The summed E-state index contributed by atoms with van der Waals surface area (Å²) in [5.74, 6) is -14.9. The number of hydrogen-bond donors (Lipinski definition) is 0. The summed E-state index contributed by atoms with van der Waals surface area (Å²) < 4.78 is 5.16. The van der Waals surface area contributed by atoms with Gasteiger partial charge >= 0.3 is 94.6 Å². The summed E-state index contributed by atoms with van der Waals surface area (Å²) in [4.78, 5) is 48.8. The number of aliphatic carboxylic acids is 3. The first kappa shape index (κ1) is 60.5. The van der Waals surface area contributed by atoms with Crippen molar-refractivity contribution in [1.82, 2.24) is 0 Å². The molecule has 0 N–H and O–H groups in total. The number of ether oxygens (including phenoxy) is 1. The van der Waals surface area contributed by atoms with Gasteiger partial charge in [-0.3, -0.25) is 4.79 Å². The molecule has 0 radical (unpaired) electrons. The molecule has 5 unspecified atom stereocenters. The summed E-state index contributed by atoms with van der Waals surface area (Å²) >= 11 is 0. The van der Waals surface area contributed by atoms with E-state index in [1.807, 2.05) is 0 Å². The molecule has 2 rings (SSSR count). The number of rotatable bonds is 12. The molecule has 2 aromatic carbocycles. The van der Waals surface area contributed by atoms with Crippen molar-refractivity contribution in [1.29, 1.82) is 0 Å². The first-order chi connectivity index (χ1) is 15.7. The van der Waals surface area contributed by atoms with Crippen LogP contribution in [0.4, 0.5) is 0 Å². The van der Waals surface area contributed by atoms with Crippen molar-refractivity contribution >= 4 is 23.9 Å². The maximum Gasteiger partial charge on any atom is 1.00 e. The fraction of sp³-hybridized carbons (Fsp3) is 0.484. The minimum absolute atomic E-state index is 0. The average Bonchev–Trinajstić information content (AvgIpc) is 2.80. The van der Waals surface area contributed by atoms with Crippen molar-refractivity contribution in [3.05, 3.63) is 71.8 Å². The Hall–Kier alpha value is -0.680. The van der Waals surface area contributed by atoms with Crippen LogP contribution in [0.1, 0.15) is 81.9 Å². The standard InChI is InChI=1S/C25H28O8.6CH4.3Na/c1-3-18(17-12-8-5-9-13-17)20(23(28)29)21(24(30)31)19(22(26)27)15(2)25(32)33-14-16-10-6-4-7-11-16;;;;;;;;;/h4-13,15,18-21H,3,14H2,1-2H3,(H,26,27)(H,28,29)(H,30,31);6*1H4;;;/q;;;;;;;3*+1/p-3. The van der Waals surface area contributed by atoms with Crippen molar-refractivity contribution in [2.75, 3.05) is 0 Å². The van der Waals surface area contributed by atoms with Gasteiger partial charge in [-0.05, 0) is 23.5 Å². The smallest absolute Gasteiger partial charge is 0.550 e. The van der Waals surface area contributed by atoms with Gasteiger partial charge in [0, 0.05) is 35.7 Å². The molecule has 8 nitrogen and oxygen atoms in total. The van der Waals surface area contributed by atoms with Gasteiger partial charge in [0.1, 0.15) is 6.61 Å². The van der Waals surface area contributed by atoms with Crippen molar-refractivity contribution in [2.45, 2.75) is 77.4 Å². The van der Waals surface area contributed by atoms with Crippen LogP contribution < -0.4 is 104 Å². The Morgan fingerprint density at radius 3 is 1.38 bits per heavy atom. The van der Waals surface area contributed by atoms with Crippen molar-refractivity contribution in [3.63, 3.8) is 0 Å². The average molecular weight is 619 g/mol. The molecular formula is C31H49Na3O8. The van der Waals surface area contributed by atoms with Gasteiger partial charge in [-0.2, -0.15) is 0 Å². The van der Waals surface area contributed by atoms with Gasteiger partial charge in [-0.15, -0.1) is 0 Å². The van der Waals surface area contributed by atoms with Crippen LogP contribution in [0.2, 0.25) is 0 Å². The third-order valence-corrected chi connectivity index (χ3v) is 5.83. The number of carboxylic acids is 3. The van der Waals surface area contributed by atoms with E-state index < -0.39 is 53.5 Å². The van der Waals surface area contributed by atoms with Crippen LogP contribution in [0.3, 0.4) is 0 Å². The van der Waals surface area contributed by atoms with E-state index in [1.54, 1.807) is 67.6 Å². The zero-order chi connectivity index (χ0) is 24.5. The first-order valence-electron chi connectivity index (χ1n) is 10.6. The van der Waals surface area contributed by atoms with Gasteiger partial charge in [0.25, 0.3) is 0 Å². The van der Waals surface area contributed by atoms with E-state index in [0.717, 1.165) is 0 Å². The van der Waals surface area contributed by atoms with E-state index >= 15 is 0 Å². The molecule has 2 aromatic rings. The summed E-state index contributed by atoms with van der Waals surface area (Å²) in [5, 5.41) is 36.2. The number of esters is 1. The molecule has 42 heavy (non-hydrogen) atoms. The second-order valence-corrected chi connectivity index (χ2v) is 7.84. The Kier molecular flexibility index (Phi) is 43.7. The van der Waals surface area contributed by atoms with Gasteiger partial charge < -0.3 is 34.4 Å². The Morgan fingerprint density at radius 2 is 1.02 bits per heavy atom. The van der Waals surface area contributed by atoms with E-state index in [-0.39, 0.29) is 146 Å². The largest absolute Gasteiger partial charge is 1.00 e. The monoisotopic (exact) mass is 618 g/mol. The molecule has 0 heterocycles. The molecule has 5 atom stereocenters. The maximum absolute atomic E-state index is 12.6. The van der Waals surface area contributed by atoms with E-state index in [2.05, 4.69) is 0 Å². The minimum atomic E-state index is -2.09. The fourth-order valence-electron chi connectivity index (χ4n) is 4.14. The molecule has 0 amide bonds. The van der Waals surface area contributed by atoms with E-state index in [9.17, 15) is 34.5 Å². The third-order valence-electron chi connectivity index (χ3n) is 5.83.